The molecular weight excluding hydrogens is 307 g/mol. The number of rotatable bonds is 5. The molecule has 0 aliphatic carbocycles. The first-order chi connectivity index (χ1) is 11.7. The summed E-state index contributed by atoms with van der Waals surface area (Å²) in [4.78, 5) is 12.6. The Morgan fingerprint density at radius 1 is 1.12 bits per heavy atom. The van der Waals surface area contributed by atoms with E-state index in [0.717, 1.165) is 17.5 Å². The van der Waals surface area contributed by atoms with E-state index in [1.807, 2.05) is 30.3 Å². The summed E-state index contributed by atoms with van der Waals surface area (Å²) in [5.41, 5.74) is 7.36. The number of carbonyl (C=O) groups excluding carboxylic acids is 1. The smallest absolute Gasteiger partial charge is 0.249 e. The van der Waals surface area contributed by atoms with E-state index >= 15 is 0 Å². The van der Waals surface area contributed by atoms with Gasteiger partial charge in [0.15, 0.2) is 0 Å². The van der Waals surface area contributed by atoms with Gasteiger partial charge in [0.2, 0.25) is 5.91 Å². The summed E-state index contributed by atoms with van der Waals surface area (Å²) >= 11 is 0. The van der Waals surface area contributed by atoms with Crippen molar-refractivity contribution < 1.29 is 13.9 Å². The highest BCUT2D eigenvalue weighted by atomic mass is 19.1. The van der Waals surface area contributed by atoms with Crippen LogP contribution in [-0.4, -0.2) is 24.7 Å². The van der Waals surface area contributed by atoms with Gasteiger partial charge in [0.05, 0.1) is 12.1 Å². The van der Waals surface area contributed by atoms with Crippen molar-refractivity contribution in [3.05, 3.63) is 71.5 Å². The fraction of sp³-hybridized carbons (Fsp3) is 0.316. The zero-order chi connectivity index (χ0) is 16.9. The Bertz CT molecular complexity index is 676. The number of nitrogens with one attached hydrogen (secondary N) is 1. The number of hydrogen-bond acceptors (Lipinski definition) is 3. The summed E-state index contributed by atoms with van der Waals surface area (Å²) in [6, 6.07) is 15.4. The van der Waals surface area contributed by atoms with Gasteiger partial charge < -0.3 is 15.8 Å². The highest BCUT2D eigenvalue weighted by molar-refractivity contribution is 5.82. The predicted molar refractivity (Wildman–Crippen MR) is 89.8 cm³/mol. The molecule has 4 nitrogen and oxygen atoms in total. The molecule has 5 heteroatoms. The molecule has 3 atom stereocenters. The maximum Gasteiger partial charge on any atom is 0.249 e. The Kier molecular flexibility index (Phi) is 5.23. The minimum absolute atomic E-state index is 0.0539. The second kappa shape index (κ2) is 7.55. The van der Waals surface area contributed by atoms with E-state index in [1.54, 1.807) is 12.1 Å². The van der Waals surface area contributed by atoms with E-state index in [0.29, 0.717) is 13.0 Å². The summed E-state index contributed by atoms with van der Waals surface area (Å²) in [6.07, 6.45) is 0.923. The van der Waals surface area contributed by atoms with E-state index in [2.05, 4.69) is 5.32 Å². The maximum absolute atomic E-state index is 13.2. The molecule has 0 radical (unpaired) electrons. The minimum atomic E-state index is -0.481. The lowest BCUT2D eigenvalue weighted by Crippen LogP contribution is -2.38. The molecule has 126 valence electrons. The van der Waals surface area contributed by atoms with Crippen LogP contribution in [0.5, 0.6) is 0 Å². The van der Waals surface area contributed by atoms with Crippen molar-refractivity contribution >= 4 is 5.91 Å². The van der Waals surface area contributed by atoms with E-state index in [9.17, 15) is 9.18 Å². The molecule has 1 heterocycles. The molecule has 0 spiro atoms. The lowest BCUT2D eigenvalue weighted by molar-refractivity contribution is -0.132. The monoisotopic (exact) mass is 328 g/mol. The van der Waals surface area contributed by atoms with Gasteiger partial charge in [-0.3, -0.25) is 4.79 Å². The van der Waals surface area contributed by atoms with Gasteiger partial charge in [0, 0.05) is 6.54 Å². The molecule has 0 bridgehead atoms. The molecule has 3 N–H and O–H groups in total. The molecule has 1 unspecified atom stereocenters. The number of hydrogen-bond donors (Lipinski definition) is 2. The number of nitrogens with two attached hydrogens (primary N) is 1. The van der Waals surface area contributed by atoms with Crippen LogP contribution in [0.2, 0.25) is 0 Å². The Morgan fingerprint density at radius 3 is 2.42 bits per heavy atom. The van der Waals surface area contributed by atoms with Crippen LogP contribution in [0.15, 0.2) is 54.6 Å². The highest BCUT2D eigenvalue weighted by Crippen LogP contribution is 2.25. The van der Waals surface area contributed by atoms with Gasteiger partial charge in [0.1, 0.15) is 11.9 Å². The molecule has 0 aromatic heterocycles. The molecule has 2 aromatic rings. The van der Waals surface area contributed by atoms with Gasteiger partial charge in [-0.2, -0.15) is 0 Å². The van der Waals surface area contributed by atoms with Crippen LogP contribution in [0.25, 0.3) is 0 Å². The Morgan fingerprint density at radius 2 is 1.79 bits per heavy atom. The quantitative estimate of drug-likeness (QED) is 0.886. The summed E-state index contributed by atoms with van der Waals surface area (Å²) < 4.78 is 18.9. The Labute approximate surface area is 140 Å². The van der Waals surface area contributed by atoms with Crippen LogP contribution in [0.1, 0.15) is 30.0 Å². The number of benzene rings is 2. The SMILES string of the molecule is NC[C@H]1CC[C@@H](C(=O)NC(c2ccccc2)c2ccc(F)cc2)O1. The molecule has 1 saturated heterocycles. The highest BCUT2D eigenvalue weighted by Gasteiger charge is 2.31. The van der Waals surface area contributed by atoms with Crippen molar-refractivity contribution in [3.8, 4) is 0 Å². The molecular formula is C19H21FN2O2. The lowest BCUT2D eigenvalue weighted by atomic mass is 9.98. The van der Waals surface area contributed by atoms with Crippen LogP contribution in [0.4, 0.5) is 4.39 Å². The van der Waals surface area contributed by atoms with Crippen LogP contribution >= 0.6 is 0 Å². The van der Waals surface area contributed by atoms with Crippen molar-refractivity contribution in [2.24, 2.45) is 5.73 Å². The third-order valence-corrected chi connectivity index (χ3v) is 4.29. The maximum atomic E-state index is 13.2. The largest absolute Gasteiger partial charge is 0.364 e. The summed E-state index contributed by atoms with van der Waals surface area (Å²) in [5, 5.41) is 3.03. The van der Waals surface area contributed by atoms with Crippen LogP contribution in [0, 0.1) is 5.82 Å². The Balaban J connectivity index is 1.80. The van der Waals surface area contributed by atoms with Gasteiger partial charge in [-0.1, -0.05) is 42.5 Å². The standard InChI is InChI=1S/C19H21FN2O2/c20-15-8-6-14(7-9-15)18(13-4-2-1-3-5-13)22-19(23)17-11-10-16(12-21)24-17/h1-9,16-18H,10-12,21H2,(H,22,23)/t16-,17+,18?/m1/s1. The van der Waals surface area contributed by atoms with E-state index in [4.69, 9.17) is 10.5 Å². The second-order valence-electron chi connectivity index (χ2n) is 5.96. The Hall–Kier alpha value is -2.24. The molecule has 3 rings (SSSR count). The van der Waals surface area contributed by atoms with E-state index in [-0.39, 0.29) is 23.9 Å². The molecule has 1 fully saturated rings. The summed E-state index contributed by atoms with van der Waals surface area (Å²) in [6.45, 7) is 0.420. The van der Waals surface area contributed by atoms with Gasteiger partial charge in [-0.25, -0.2) is 4.39 Å². The number of ether oxygens (including phenoxy) is 1. The van der Waals surface area contributed by atoms with Crippen molar-refractivity contribution in [2.75, 3.05) is 6.54 Å². The molecule has 1 amide bonds. The zero-order valence-electron chi connectivity index (χ0n) is 13.3. The normalized spacial score (nSPS) is 21.4. The van der Waals surface area contributed by atoms with Gasteiger partial charge in [-0.15, -0.1) is 0 Å². The third kappa shape index (κ3) is 3.80. The average molecular weight is 328 g/mol. The molecule has 0 saturated carbocycles. The molecule has 24 heavy (non-hydrogen) atoms. The average Bonchev–Trinajstić information content (AvgIpc) is 3.10. The minimum Gasteiger partial charge on any atom is -0.364 e. The van der Waals surface area contributed by atoms with Crippen LogP contribution in [-0.2, 0) is 9.53 Å². The topological polar surface area (TPSA) is 64.4 Å². The molecule has 2 aromatic carbocycles. The van der Waals surface area contributed by atoms with Crippen molar-refractivity contribution in [3.63, 3.8) is 0 Å². The van der Waals surface area contributed by atoms with Crippen molar-refractivity contribution in [1.29, 1.82) is 0 Å². The molecule has 1 aliphatic heterocycles. The van der Waals surface area contributed by atoms with E-state index in [1.165, 1.54) is 12.1 Å². The fourth-order valence-corrected chi connectivity index (χ4v) is 2.97. The van der Waals surface area contributed by atoms with Gasteiger partial charge in [-0.05, 0) is 36.1 Å². The van der Waals surface area contributed by atoms with Crippen molar-refractivity contribution in [2.45, 2.75) is 31.1 Å². The summed E-state index contributed by atoms with van der Waals surface area (Å²) in [7, 11) is 0. The zero-order valence-corrected chi connectivity index (χ0v) is 13.3. The number of carbonyl (C=O) groups is 1. The van der Waals surface area contributed by atoms with Gasteiger partial charge >= 0.3 is 0 Å². The fourth-order valence-electron chi connectivity index (χ4n) is 2.97. The lowest BCUT2D eigenvalue weighted by Gasteiger charge is -2.22. The number of amides is 1. The first kappa shape index (κ1) is 16.6. The first-order valence-electron chi connectivity index (χ1n) is 8.13. The third-order valence-electron chi connectivity index (χ3n) is 4.29. The second-order valence-corrected chi connectivity index (χ2v) is 5.96. The predicted octanol–water partition coefficient (Wildman–Crippen LogP) is 2.54. The van der Waals surface area contributed by atoms with Crippen molar-refractivity contribution in [1.82, 2.24) is 5.32 Å². The van der Waals surface area contributed by atoms with Crippen LogP contribution < -0.4 is 11.1 Å². The first-order valence-corrected chi connectivity index (χ1v) is 8.13. The summed E-state index contributed by atoms with van der Waals surface area (Å²) in [5.74, 6) is -0.467. The van der Waals surface area contributed by atoms with E-state index < -0.39 is 6.10 Å². The van der Waals surface area contributed by atoms with Crippen LogP contribution in [0.3, 0.4) is 0 Å². The number of halogens is 1. The molecule has 1 aliphatic rings. The van der Waals surface area contributed by atoms with Gasteiger partial charge in [0.25, 0.3) is 0 Å².